The van der Waals surface area contributed by atoms with Crippen molar-refractivity contribution in [3.05, 3.63) is 0 Å². The normalized spacial score (nSPS) is 44.1. The SMILES string of the molecule is CCCN(CCN)C(=O)C12CC3CC(C)(CC(C)(C3)C1)C2. The van der Waals surface area contributed by atoms with Crippen LogP contribution in [-0.2, 0) is 4.79 Å². The van der Waals surface area contributed by atoms with E-state index in [9.17, 15) is 4.79 Å². The highest BCUT2D eigenvalue weighted by Crippen LogP contribution is 2.69. The van der Waals surface area contributed by atoms with E-state index in [1.807, 2.05) is 0 Å². The quantitative estimate of drug-likeness (QED) is 0.846. The van der Waals surface area contributed by atoms with Gasteiger partial charge in [-0.2, -0.15) is 0 Å². The summed E-state index contributed by atoms with van der Waals surface area (Å²) in [5, 5.41) is 0. The summed E-state index contributed by atoms with van der Waals surface area (Å²) in [5.41, 5.74) is 6.50. The Morgan fingerprint density at radius 3 is 2.19 bits per heavy atom. The predicted molar refractivity (Wildman–Crippen MR) is 85.8 cm³/mol. The molecule has 0 aliphatic heterocycles. The Hall–Kier alpha value is -0.570. The number of rotatable bonds is 5. The molecule has 3 nitrogen and oxygen atoms in total. The maximum atomic E-state index is 13.3. The number of carbonyl (C=O) groups excluding carboxylic acids is 1. The number of hydrogen-bond donors (Lipinski definition) is 1. The smallest absolute Gasteiger partial charge is 0.228 e. The van der Waals surface area contributed by atoms with Crippen molar-refractivity contribution in [1.29, 1.82) is 0 Å². The first kappa shape index (κ1) is 15.3. The number of carbonyl (C=O) groups is 1. The Labute approximate surface area is 129 Å². The summed E-state index contributed by atoms with van der Waals surface area (Å²) >= 11 is 0. The fourth-order valence-electron chi connectivity index (χ4n) is 6.76. The molecular weight excluding hydrogens is 260 g/mol. The van der Waals surface area contributed by atoms with Crippen LogP contribution in [0.25, 0.3) is 0 Å². The molecule has 2 unspecified atom stereocenters. The lowest BCUT2D eigenvalue weighted by atomic mass is 9.40. The van der Waals surface area contributed by atoms with Crippen LogP contribution in [0.2, 0.25) is 0 Å². The molecular formula is C18H32N2O. The van der Waals surface area contributed by atoms with Crippen molar-refractivity contribution in [3.63, 3.8) is 0 Å². The lowest BCUT2D eigenvalue weighted by Gasteiger charge is -2.65. The van der Waals surface area contributed by atoms with Gasteiger partial charge >= 0.3 is 0 Å². The molecule has 4 saturated carbocycles. The minimum absolute atomic E-state index is 0.0622. The maximum absolute atomic E-state index is 13.3. The van der Waals surface area contributed by atoms with E-state index in [1.165, 1.54) is 19.3 Å². The Bertz CT molecular complexity index is 409. The average Bonchev–Trinajstić information content (AvgIpc) is 2.33. The Morgan fingerprint density at radius 1 is 1.10 bits per heavy atom. The molecule has 0 saturated heterocycles. The molecule has 0 aromatic rings. The fraction of sp³-hybridized carbons (Fsp3) is 0.944. The summed E-state index contributed by atoms with van der Waals surface area (Å²) in [6.07, 6.45) is 8.44. The van der Waals surface area contributed by atoms with Crippen LogP contribution >= 0.6 is 0 Å². The lowest BCUT2D eigenvalue weighted by molar-refractivity contribution is -0.179. The lowest BCUT2D eigenvalue weighted by Crippen LogP contribution is -2.60. The molecule has 2 atom stereocenters. The van der Waals surface area contributed by atoms with E-state index in [4.69, 9.17) is 5.73 Å². The van der Waals surface area contributed by atoms with E-state index < -0.39 is 0 Å². The van der Waals surface area contributed by atoms with Gasteiger partial charge in [0.05, 0.1) is 5.41 Å². The molecule has 4 bridgehead atoms. The van der Waals surface area contributed by atoms with Crippen molar-refractivity contribution in [1.82, 2.24) is 4.90 Å². The summed E-state index contributed by atoms with van der Waals surface area (Å²) in [4.78, 5) is 15.4. The Kier molecular flexibility index (Phi) is 3.63. The van der Waals surface area contributed by atoms with Gasteiger partial charge in [0.15, 0.2) is 0 Å². The minimum atomic E-state index is -0.0622. The zero-order chi connectivity index (χ0) is 15.3. The van der Waals surface area contributed by atoms with Crippen LogP contribution in [-0.4, -0.2) is 30.4 Å². The summed E-state index contributed by atoms with van der Waals surface area (Å²) in [7, 11) is 0. The standard InChI is InChI=1S/C18H32N2O/c1-4-6-20(7-5-19)15(21)18-10-14-8-16(2,12-18)11-17(3,9-14)13-18/h14H,4-13,19H2,1-3H3. The number of amides is 1. The summed E-state index contributed by atoms with van der Waals surface area (Å²) in [6.45, 7) is 9.21. The topological polar surface area (TPSA) is 46.3 Å². The molecule has 3 heteroatoms. The summed E-state index contributed by atoms with van der Waals surface area (Å²) in [5.74, 6) is 1.21. The first-order chi connectivity index (χ1) is 9.84. The summed E-state index contributed by atoms with van der Waals surface area (Å²) in [6, 6.07) is 0. The van der Waals surface area contributed by atoms with E-state index in [0.717, 1.165) is 44.7 Å². The van der Waals surface area contributed by atoms with Gasteiger partial charge in [0.1, 0.15) is 0 Å². The third-order valence-corrected chi connectivity index (χ3v) is 6.26. The minimum Gasteiger partial charge on any atom is -0.341 e. The van der Waals surface area contributed by atoms with Crippen molar-refractivity contribution >= 4 is 5.91 Å². The van der Waals surface area contributed by atoms with Gasteiger partial charge in [-0.1, -0.05) is 20.8 Å². The van der Waals surface area contributed by atoms with E-state index in [2.05, 4.69) is 25.7 Å². The van der Waals surface area contributed by atoms with Gasteiger partial charge in [-0.05, 0) is 61.7 Å². The van der Waals surface area contributed by atoms with E-state index >= 15 is 0 Å². The van der Waals surface area contributed by atoms with Gasteiger partial charge in [0.2, 0.25) is 5.91 Å². The molecule has 4 fully saturated rings. The van der Waals surface area contributed by atoms with Crippen LogP contribution in [0, 0.1) is 22.2 Å². The third-order valence-electron chi connectivity index (χ3n) is 6.26. The number of nitrogens with zero attached hydrogens (tertiary/aromatic N) is 1. The molecule has 120 valence electrons. The number of hydrogen-bond acceptors (Lipinski definition) is 2. The van der Waals surface area contributed by atoms with Crippen LogP contribution in [0.5, 0.6) is 0 Å². The molecule has 4 rings (SSSR count). The van der Waals surface area contributed by atoms with Crippen LogP contribution in [0.4, 0.5) is 0 Å². The maximum Gasteiger partial charge on any atom is 0.228 e. The molecule has 4 aliphatic carbocycles. The zero-order valence-corrected chi connectivity index (χ0v) is 14.1. The molecule has 0 aromatic heterocycles. The van der Waals surface area contributed by atoms with Crippen LogP contribution < -0.4 is 5.73 Å². The molecule has 4 aliphatic rings. The van der Waals surface area contributed by atoms with Crippen LogP contribution in [0.3, 0.4) is 0 Å². The highest BCUT2D eigenvalue weighted by Gasteiger charge is 2.63. The molecule has 2 N–H and O–H groups in total. The molecule has 0 heterocycles. The fourth-order valence-corrected chi connectivity index (χ4v) is 6.76. The van der Waals surface area contributed by atoms with Gasteiger partial charge in [-0.15, -0.1) is 0 Å². The third kappa shape index (κ3) is 2.52. The molecule has 0 aromatic carbocycles. The van der Waals surface area contributed by atoms with E-state index in [0.29, 0.717) is 23.3 Å². The second kappa shape index (κ2) is 4.97. The van der Waals surface area contributed by atoms with Crippen molar-refractivity contribution in [2.75, 3.05) is 19.6 Å². The highest BCUT2D eigenvalue weighted by molar-refractivity contribution is 5.83. The van der Waals surface area contributed by atoms with Crippen LogP contribution in [0.15, 0.2) is 0 Å². The van der Waals surface area contributed by atoms with Crippen molar-refractivity contribution in [3.8, 4) is 0 Å². The van der Waals surface area contributed by atoms with Crippen molar-refractivity contribution in [2.45, 2.75) is 65.7 Å². The predicted octanol–water partition coefficient (Wildman–Crippen LogP) is 3.18. The highest BCUT2D eigenvalue weighted by atomic mass is 16.2. The van der Waals surface area contributed by atoms with Gasteiger partial charge in [-0.3, -0.25) is 4.79 Å². The van der Waals surface area contributed by atoms with Gasteiger partial charge in [0, 0.05) is 19.6 Å². The average molecular weight is 292 g/mol. The number of nitrogens with two attached hydrogens (primary N) is 1. The van der Waals surface area contributed by atoms with Gasteiger partial charge in [-0.25, -0.2) is 0 Å². The zero-order valence-electron chi connectivity index (χ0n) is 14.1. The van der Waals surface area contributed by atoms with Gasteiger partial charge in [0.25, 0.3) is 0 Å². The van der Waals surface area contributed by atoms with Crippen LogP contribution in [0.1, 0.15) is 65.7 Å². The first-order valence-electron chi connectivity index (χ1n) is 8.83. The molecule has 1 amide bonds. The molecule has 21 heavy (non-hydrogen) atoms. The van der Waals surface area contributed by atoms with E-state index in [-0.39, 0.29) is 5.41 Å². The Balaban J connectivity index is 1.88. The van der Waals surface area contributed by atoms with Crippen molar-refractivity contribution in [2.24, 2.45) is 27.9 Å². The molecule has 0 radical (unpaired) electrons. The molecule has 0 spiro atoms. The van der Waals surface area contributed by atoms with E-state index in [1.54, 1.807) is 0 Å². The first-order valence-corrected chi connectivity index (χ1v) is 8.83. The second-order valence-corrected chi connectivity index (χ2v) is 8.99. The monoisotopic (exact) mass is 292 g/mol. The van der Waals surface area contributed by atoms with Gasteiger partial charge < -0.3 is 10.6 Å². The second-order valence-electron chi connectivity index (χ2n) is 8.99. The van der Waals surface area contributed by atoms with Crippen molar-refractivity contribution < 1.29 is 4.79 Å². The summed E-state index contributed by atoms with van der Waals surface area (Å²) < 4.78 is 0. The largest absolute Gasteiger partial charge is 0.341 e. The Morgan fingerprint density at radius 2 is 1.71 bits per heavy atom.